The average Bonchev–Trinajstić information content (AvgIpc) is 3.11. The number of ether oxygens (including phenoxy) is 2. The molecule has 2 rings (SSSR count). The van der Waals surface area contributed by atoms with E-state index in [2.05, 4.69) is 5.32 Å². The number of rotatable bonds is 9. The molecule has 0 atom stereocenters. The van der Waals surface area contributed by atoms with E-state index in [4.69, 9.17) is 9.47 Å². The van der Waals surface area contributed by atoms with Crippen molar-refractivity contribution in [2.24, 2.45) is 0 Å². The third-order valence-electron chi connectivity index (χ3n) is 4.46. The fourth-order valence-electron chi connectivity index (χ4n) is 2.86. The number of carbonyl (C=O) groups excluding carboxylic acids is 3. The summed E-state index contributed by atoms with van der Waals surface area (Å²) in [6.07, 6.45) is 2.29. The molecule has 0 saturated carbocycles. The fourth-order valence-corrected chi connectivity index (χ4v) is 4.07. The maximum absolute atomic E-state index is 12.9. The van der Waals surface area contributed by atoms with Gasteiger partial charge in [-0.05, 0) is 49.6 Å². The molecular weight excluding hydrogens is 442 g/mol. The second kappa shape index (κ2) is 11.8. The van der Waals surface area contributed by atoms with Crippen molar-refractivity contribution in [3.63, 3.8) is 0 Å². The molecule has 0 saturated heterocycles. The second-order valence-corrected chi connectivity index (χ2v) is 8.25. The molecule has 0 bridgehead atoms. The van der Waals surface area contributed by atoms with Crippen LogP contribution in [0.25, 0.3) is 6.08 Å². The zero-order valence-corrected chi connectivity index (χ0v) is 20.2. The number of thiophene rings is 1. The number of amides is 2. The summed E-state index contributed by atoms with van der Waals surface area (Å²) in [6, 6.07) is 8.93. The van der Waals surface area contributed by atoms with Gasteiger partial charge in [0.15, 0.2) is 0 Å². The predicted molar refractivity (Wildman–Crippen MR) is 127 cm³/mol. The lowest BCUT2D eigenvalue weighted by atomic mass is 10.1. The normalized spacial score (nSPS) is 10.8. The molecule has 0 aliphatic rings. The molecule has 174 valence electrons. The van der Waals surface area contributed by atoms with Gasteiger partial charge in [0.05, 0.1) is 23.7 Å². The number of nitrogens with one attached hydrogen (secondary N) is 1. The molecule has 9 heteroatoms. The van der Waals surface area contributed by atoms with E-state index in [0.717, 1.165) is 17.8 Å². The number of carbonyl (C=O) groups is 3. The SMILES string of the molecule is CCCOc1cccc(/C=C(\C#N)C(=O)Nc2sc(C(=O)N(C)C)c(C)c2C(=O)OCC)c1. The maximum atomic E-state index is 12.9. The van der Waals surface area contributed by atoms with Gasteiger partial charge in [-0.1, -0.05) is 19.1 Å². The van der Waals surface area contributed by atoms with E-state index in [0.29, 0.717) is 28.4 Å². The van der Waals surface area contributed by atoms with Crippen molar-refractivity contribution in [2.45, 2.75) is 27.2 Å². The quantitative estimate of drug-likeness (QED) is 0.334. The maximum Gasteiger partial charge on any atom is 0.341 e. The largest absolute Gasteiger partial charge is 0.494 e. The van der Waals surface area contributed by atoms with Crippen molar-refractivity contribution in [3.05, 3.63) is 51.4 Å². The summed E-state index contributed by atoms with van der Waals surface area (Å²) in [7, 11) is 3.19. The molecular formula is C24H27N3O5S. The number of esters is 1. The predicted octanol–water partition coefficient (Wildman–Crippen LogP) is 4.27. The Bertz CT molecular complexity index is 1110. The van der Waals surface area contributed by atoms with Crippen molar-refractivity contribution in [1.82, 2.24) is 4.90 Å². The van der Waals surface area contributed by atoms with E-state index in [1.165, 1.54) is 11.0 Å². The lowest BCUT2D eigenvalue weighted by molar-refractivity contribution is -0.112. The van der Waals surface area contributed by atoms with Crippen molar-refractivity contribution < 1.29 is 23.9 Å². The van der Waals surface area contributed by atoms with E-state index in [9.17, 15) is 19.6 Å². The van der Waals surface area contributed by atoms with Crippen LogP contribution in [-0.2, 0) is 9.53 Å². The average molecular weight is 470 g/mol. The van der Waals surface area contributed by atoms with Crippen molar-refractivity contribution >= 4 is 40.2 Å². The summed E-state index contributed by atoms with van der Waals surface area (Å²) in [6.45, 7) is 5.98. The molecule has 1 N–H and O–H groups in total. The first-order valence-corrected chi connectivity index (χ1v) is 11.2. The van der Waals surface area contributed by atoms with Crippen LogP contribution >= 0.6 is 11.3 Å². The minimum atomic E-state index is -0.701. The van der Waals surface area contributed by atoms with Crippen LogP contribution in [0.3, 0.4) is 0 Å². The van der Waals surface area contributed by atoms with Gasteiger partial charge in [0.1, 0.15) is 22.4 Å². The van der Waals surface area contributed by atoms with E-state index in [1.807, 2.05) is 13.0 Å². The van der Waals surface area contributed by atoms with Crippen LogP contribution in [0.5, 0.6) is 5.75 Å². The standard InChI is InChI=1S/C24H27N3O5S/c1-6-11-32-18-10-8-9-16(13-18)12-17(14-25)21(28)26-22-19(24(30)31-7-2)15(3)20(33-22)23(29)27(4)5/h8-10,12-13H,6-7,11H2,1-5H3,(H,26,28)/b17-12+. The topological polar surface area (TPSA) is 109 Å². The van der Waals surface area contributed by atoms with Crippen LogP contribution in [0.15, 0.2) is 29.8 Å². The molecule has 8 nitrogen and oxygen atoms in total. The summed E-state index contributed by atoms with van der Waals surface area (Å²) in [4.78, 5) is 39.7. The third kappa shape index (κ3) is 6.43. The zero-order chi connectivity index (χ0) is 24.5. The van der Waals surface area contributed by atoms with Crippen LogP contribution in [0.4, 0.5) is 5.00 Å². The first-order chi connectivity index (χ1) is 15.7. The van der Waals surface area contributed by atoms with E-state index in [1.54, 1.807) is 52.2 Å². The van der Waals surface area contributed by atoms with Gasteiger partial charge in [0.25, 0.3) is 11.8 Å². The van der Waals surface area contributed by atoms with Gasteiger partial charge in [-0.25, -0.2) is 4.79 Å². The van der Waals surface area contributed by atoms with Gasteiger partial charge in [0, 0.05) is 14.1 Å². The molecule has 0 spiro atoms. The molecule has 0 aliphatic carbocycles. The summed E-state index contributed by atoms with van der Waals surface area (Å²) >= 11 is 0.970. The summed E-state index contributed by atoms with van der Waals surface area (Å²) in [5.41, 5.74) is 0.971. The highest BCUT2D eigenvalue weighted by Crippen LogP contribution is 2.34. The van der Waals surface area contributed by atoms with Crippen LogP contribution in [0.1, 0.15) is 51.4 Å². The van der Waals surface area contributed by atoms with Crippen LogP contribution < -0.4 is 10.1 Å². The number of anilines is 1. The van der Waals surface area contributed by atoms with Crippen molar-refractivity contribution in [2.75, 3.05) is 32.6 Å². The second-order valence-electron chi connectivity index (χ2n) is 7.23. The smallest absolute Gasteiger partial charge is 0.341 e. The van der Waals surface area contributed by atoms with Crippen molar-refractivity contribution in [1.29, 1.82) is 5.26 Å². The molecule has 1 heterocycles. The Kier molecular flexibility index (Phi) is 9.18. The van der Waals surface area contributed by atoms with Gasteiger partial charge in [0.2, 0.25) is 0 Å². The highest BCUT2D eigenvalue weighted by molar-refractivity contribution is 7.18. The summed E-state index contributed by atoms with van der Waals surface area (Å²) < 4.78 is 10.7. The molecule has 1 aromatic heterocycles. The van der Waals surface area contributed by atoms with Gasteiger partial charge in [-0.2, -0.15) is 5.26 Å². The Labute approximate surface area is 197 Å². The minimum absolute atomic E-state index is 0.104. The Morgan fingerprint density at radius 3 is 2.58 bits per heavy atom. The van der Waals surface area contributed by atoms with Crippen molar-refractivity contribution in [3.8, 4) is 11.8 Å². The molecule has 1 aromatic carbocycles. The van der Waals surface area contributed by atoms with E-state index < -0.39 is 11.9 Å². The highest BCUT2D eigenvalue weighted by atomic mass is 32.1. The van der Waals surface area contributed by atoms with Crippen LogP contribution in [0.2, 0.25) is 0 Å². The van der Waals surface area contributed by atoms with Gasteiger partial charge in [-0.3, -0.25) is 9.59 Å². The summed E-state index contributed by atoms with van der Waals surface area (Å²) in [5.74, 6) is -1.02. The first kappa shape index (κ1) is 25.6. The Morgan fingerprint density at radius 2 is 1.97 bits per heavy atom. The number of nitriles is 1. The van der Waals surface area contributed by atoms with Gasteiger partial charge >= 0.3 is 5.97 Å². The first-order valence-electron chi connectivity index (χ1n) is 10.4. The number of hydrogen-bond donors (Lipinski definition) is 1. The number of benzene rings is 1. The Balaban J connectivity index is 2.40. The fraction of sp³-hybridized carbons (Fsp3) is 0.333. The lowest BCUT2D eigenvalue weighted by Crippen LogP contribution is -2.21. The Morgan fingerprint density at radius 1 is 1.24 bits per heavy atom. The zero-order valence-electron chi connectivity index (χ0n) is 19.4. The summed E-state index contributed by atoms with van der Waals surface area (Å²) in [5, 5.41) is 12.3. The number of nitrogens with zero attached hydrogens (tertiary/aromatic N) is 2. The molecule has 0 unspecified atom stereocenters. The minimum Gasteiger partial charge on any atom is -0.494 e. The van der Waals surface area contributed by atoms with Crippen LogP contribution in [-0.4, -0.2) is 50.0 Å². The molecule has 0 aliphatic heterocycles. The molecule has 0 fully saturated rings. The molecule has 2 amide bonds. The van der Waals surface area contributed by atoms with E-state index in [-0.39, 0.29) is 28.7 Å². The van der Waals surface area contributed by atoms with Crippen LogP contribution in [0, 0.1) is 18.3 Å². The molecule has 2 aromatic rings. The molecule has 0 radical (unpaired) electrons. The van der Waals surface area contributed by atoms with Gasteiger partial charge in [-0.15, -0.1) is 11.3 Å². The van der Waals surface area contributed by atoms with E-state index >= 15 is 0 Å². The Hall–Kier alpha value is -3.64. The number of hydrogen-bond acceptors (Lipinski definition) is 7. The molecule has 33 heavy (non-hydrogen) atoms. The highest BCUT2D eigenvalue weighted by Gasteiger charge is 2.27. The monoisotopic (exact) mass is 469 g/mol. The lowest BCUT2D eigenvalue weighted by Gasteiger charge is -2.09. The van der Waals surface area contributed by atoms with Gasteiger partial charge < -0.3 is 19.7 Å². The third-order valence-corrected chi connectivity index (χ3v) is 5.66.